The van der Waals surface area contributed by atoms with Crippen LogP contribution in [0.5, 0.6) is 5.75 Å². The van der Waals surface area contributed by atoms with E-state index < -0.39 is 10.0 Å². The van der Waals surface area contributed by atoms with E-state index >= 15 is 0 Å². The minimum absolute atomic E-state index is 0.00924. The van der Waals surface area contributed by atoms with Crippen LogP contribution in [-0.4, -0.2) is 44.4 Å². The summed E-state index contributed by atoms with van der Waals surface area (Å²) in [6.45, 7) is 3.39. The third-order valence-corrected chi connectivity index (χ3v) is 7.78. The molecule has 8 heteroatoms. The number of piperidine rings is 1. The van der Waals surface area contributed by atoms with E-state index in [2.05, 4.69) is 5.32 Å². The van der Waals surface area contributed by atoms with Crippen LogP contribution in [-0.2, 0) is 21.2 Å². The normalized spacial score (nSPS) is 16.2. The highest BCUT2D eigenvalue weighted by Crippen LogP contribution is 2.24. The Morgan fingerprint density at radius 3 is 2.52 bits per heavy atom. The number of sulfonamides is 1. The first kappa shape index (κ1) is 19.9. The Labute approximate surface area is 164 Å². The average molecular weight is 409 g/mol. The zero-order valence-corrected chi connectivity index (χ0v) is 16.9. The number of hydrogen-bond donors (Lipinski definition) is 1. The highest BCUT2D eigenvalue weighted by atomic mass is 32.2. The van der Waals surface area contributed by atoms with Crippen LogP contribution in [0.2, 0.25) is 0 Å². The Morgan fingerprint density at radius 1 is 1.22 bits per heavy atom. The molecule has 1 aromatic heterocycles. The van der Waals surface area contributed by atoms with Crippen molar-refractivity contribution in [3.8, 4) is 5.75 Å². The molecule has 1 N–H and O–H groups in total. The molecule has 6 nitrogen and oxygen atoms in total. The Morgan fingerprint density at radius 2 is 1.93 bits per heavy atom. The number of amides is 1. The van der Waals surface area contributed by atoms with Gasteiger partial charge in [-0.3, -0.25) is 4.79 Å². The summed E-state index contributed by atoms with van der Waals surface area (Å²) >= 11 is 1.23. The van der Waals surface area contributed by atoms with Gasteiger partial charge in [0.1, 0.15) is 9.96 Å². The second-order valence-electron chi connectivity index (χ2n) is 6.43. The second-order valence-corrected chi connectivity index (χ2v) is 9.54. The molecule has 3 rings (SSSR count). The smallest absolute Gasteiger partial charge is 0.252 e. The minimum atomic E-state index is -3.40. The number of hydrogen-bond acceptors (Lipinski definition) is 5. The molecule has 2 heterocycles. The fraction of sp³-hybridized carbons (Fsp3) is 0.421. The van der Waals surface area contributed by atoms with Gasteiger partial charge in [0.15, 0.2) is 0 Å². The topological polar surface area (TPSA) is 75.7 Å². The molecule has 146 valence electrons. The van der Waals surface area contributed by atoms with Gasteiger partial charge in [0.05, 0.1) is 13.0 Å². The molecular weight excluding hydrogens is 384 g/mol. The van der Waals surface area contributed by atoms with Gasteiger partial charge < -0.3 is 10.1 Å². The van der Waals surface area contributed by atoms with Crippen LogP contribution >= 0.6 is 11.3 Å². The molecule has 0 spiro atoms. The molecule has 0 atom stereocenters. The molecule has 0 aliphatic carbocycles. The zero-order valence-electron chi connectivity index (χ0n) is 15.3. The number of ether oxygens (including phenoxy) is 1. The van der Waals surface area contributed by atoms with Crippen molar-refractivity contribution >= 4 is 27.3 Å². The summed E-state index contributed by atoms with van der Waals surface area (Å²) in [5.74, 6) is 0.750. The number of thiophene rings is 1. The summed E-state index contributed by atoms with van der Waals surface area (Å²) in [4.78, 5) is 12.3. The predicted molar refractivity (Wildman–Crippen MR) is 106 cm³/mol. The number of carbonyl (C=O) groups is 1. The van der Waals surface area contributed by atoms with Gasteiger partial charge in [-0.25, -0.2) is 8.42 Å². The van der Waals surface area contributed by atoms with Gasteiger partial charge in [-0.1, -0.05) is 18.2 Å². The van der Waals surface area contributed by atoms with Gasteiger partial charge in [0.25, 0.3) is 10.0 Å². The van der Waals surface area contributed by atoms with Crippen molar-refractivity contribution < 1.29 is 17.9 Å². The number of nitrogens with one attached hydrogen (secondary N) is 1. The van der Waals surface area contributed by atoms with Gasteiger partial charge in [-0.05, 0) is 48.9 Å². The van der Waals surface area contributed by atoms with E-state index in [1.807, 2.05) is 31.2 Å². The first-order valence-corrected chi connectivity index (χ1v) is 11.4. The monoisotopic (exact) mass is 408 g/mol. The maximum atomic E-state index is 12.5. The SMILES string of the molecule is CCOc1ccc(CC(=O)NC2CCN(S(=O)(=O)c3cccs3)CC2)cc1. The fourth-order valence-electron chi connectivity index (χ4n) is 3.11. The fourth-order valence-corrected chi connectivity index (χ4v) is 5.73. The molecule has 1 aliphatic heterocycles. The molecule has 1 amide bonds. The van der Waals surface area contributed by atoms with E-state index in [4.69, 9.17) is 4.74 Å². The first-order valence-electron chi connectivity index (χ1n) is 9.04. The average Bonchev–Trinajstić information content (AvgIpc) is 3.20. The van der Waals surface area contributed by atoms with E-state index in [1.165, 1.54) is 15.6 Å². The van der Waals surface area contributed by atoms with Gasteiger partial charge in [-0.15, -0.1) is 11.3 Å². The van der Waals surface area contributed by atoms with Gasteiger partial charge in [0.2, 0.25) is 5.91 Å². The molecule has 0 saturated carbocycles. The largest absolute Gasteiger partial charge is 0.494 e. The molecule has 27 heavy (non-hydrogen) atoms. The molecular formula is C19H24N2O4S2. The molecule has 0 radical (unpaired) electrons. The molecule has 0 unspecified atom stereocenters. The summed E-state index contributed by atoms with van der Waals surface area (Å²) in [5.41, 5.74) is 0.925. The van der Waals surface area contributed by atoms with E-state index in [1.54, 1.807) is 17.5 Å². The summed E-state index contributed by atoms with van der Waals surface area (Å²) in [7, 11) is -3.40. The van der Waals surface area contributed by atoms with Gasteiger partial charge in [-0.2, -0.15) is 4.31 Å². The Balaban J connectivity index is 1.48. The predicted octanol–water partition coefficient (Wildman–Crippen LogP) is 2.66. The quantitative estimate of drug-likeness (QED) is 0.764. The van der Waals surface area contributed by atoms with Crippen molar-refractivity contribution in [3.63, 3.8) is 0 Å². The van der Waals surface area contributed by atoms with Gasteiger partial charge in [0, 0.05) is 19.1 Å². The standard InChI is InChI=1S/C19H24N2O4S2/c1-2-25-17-7-5-15(6-8-17)14-18(22)20-16-9-11-21(12-10-16)27(23,24)19-4-3-13-26-19/h3-8,13,16H,2,9-12,14H2,1H3,(H,20,22). The molecule has 2 aromatic rings. The van der Waals surface area contributed by atoms with E-state index in [9.17, 15) is 13.2 Å². The van der Waals surface area contributed by atoms with Crippen molar-refractivity contribution in [2.45, 2.75) is 36.4 Å². The van der Waals surface area contributed by atoms with Crippen molar-refractivity contribution in [2.24, 2.45) is 0 Å². The maximum Gasteiger partial charge on any atom is 0.252 e. The van der Waals surface area contributed by atoms with Crippen LogP contribution in [0.4, 0.5) is 0 Å². The lowest BCUT2D eigenvalue weighted by atomic mass is 10.1. The third-order valence-electron chi connectivity index (χ3n) is 4.51. The van der Waals surface area contributed by atoms with Crippen LogP contribution in [0, 0.1) is 0 Å². The molecule has 1 saturated heterocycles. The van der Waals surface area contributed by atoms with Crippen LogP contribution in [0.1, 0.15) is 25.3 Å². The maximum absolute atomic E-state index is 12.5. The Kier molecular flexibility index (Phi) is 6.51. The minimum Gasteiger partial charge on any atom is -0.494 e. The van der Waals surface area contributed by atoms with Gasteiger partial charge >= 0.3 is 0 Å². The van der Waals surface area contributed by atoms with Crippen molar-refractivity contribution in [1.29, 1.82) is 0 Å². The highest BCUT2D eigenvalue weighted by Gasteiger charge is 2.30. The Bertz CT molecular complexity index is 840. The lowest BCUT2D eigenvalue weighted by Crippen LogP contribution is -2.46. The highest BCUT2D eigenvalue weighted by molar-refractivity contribution is 7.91. The van der Waals surface area contributed by atoms with Crippen molar-refractivity contribution in [3.05, 3.63) is 47.3 Å². The van der Waals surface area contributed by atoms with E-state index in [0.717, 1.165) is 11.3 Å². The van der Waals surface area contributed by atoms with Crippen molar-refractivity contribution in [2.75, 3.05) is 19.7 Å². The summed E-state index contributed by atoms with van der Waals surface area (Å²) in [6.07, 6.45) is 1.55. The van der Waals surface area contributed by atoms with Crippen LogP contribution in [0.3, 0.4) is 0 Å². The van der Waals surface area contributed by atoms with Crippen LogP contribution < -0.4 is 10.1 Å². The molecule has 1 aromatic carbocycles. The lowest BCUT2D eigenvalue weighted by Gasteiger charge is -2.31. The van der Waals surface area contributed by atoms with E-state index in [-0.39, 0.29) is 11.9 Å². The molecule has 1 aliphatic rings. The second kappa shape index (κ2) is 8.86. The molecule has 0 bridgehead atoms. The summed E-state index contributed by atoms with van der Waals surface area (Å²) in [6, 6.07) is 10.9. The summed E-state index contributed by atoms with van der Waals surface area (Å²) in [5, 5.41) is 4.79. The van der Waals surface area contributed by atoms with Crippen LogP contribution in [0.15, 0.2) is 46.0 Å². The number of benzene rings is 1. The lowest BCUT2D eigenvalue weighted by molar-refractivity contribution is -0.121. The molecule has 1 fully saturated rings. The first-order chi connectivity index (χ1) is 13.0. The van der Waals surface area contributed by atoms with E-state index in [0.29, 0.717) is 43.2 Å². The van der Waals surface area contributed by atoms with Crippen LogP contribution in [0.25, 0.3) is 0 Å². The third kappa shape index (κ3) is 5.09. The zero-order chi connectivity index (χ0) is 19.3. The number of carbonyl (C=O) groups excluding carboxylic acids is 1. The summed E-state index contributed by atoms with van der Waals surface area (Å²) < 4.78 is 32.3. The Hall–Kier alpha value is -1.90. The van der Waals surface area contributed by atoms with Crippen molar-refractivity contribution in [1.82, 2.24) is 9.62 Å². The number of rotatable bonds is 7. The number of nitrogens with zero attached hydrogens (tertiary/aromatic N) is 1.